The summed E-state index contributed by atoms with van der Waals surface area (Å²) in [5.41, 5.74) is -0.348. The summed E-state index contributed by atoms with van der Waals surface area (Å²) in [6, 6.07) is 4.03. The van der Waals surface area contributed by atoms with Gasteiger partial charge < -0.3 is 10.2 Å². The van der Waals surface area contributed by atoms with Crippen molar-refractivity contribution in [2.75, 3.05) is 13.1 Å². The summed E-state index contributed by atoms with van der Waals surface area (Å²) < 4.78 is 0. The van der Waals surface area contributed by atoms with Gasteiger partial charge in [0.2, 0.25) is 11.8 Å². The van der Waals surface area contributed by atoms with Crippen LogP contribution in [0.3, 0.4) is 0 Å². The van der Waals surface area contributed by atoms with Crippen molar-refractivity contribution < 1.29 is 9.59 Å². The largest absolute Gasteiger partial charge is 0.346 e. The normalized spacial score (nSPS) is 16.6. The Balaban J connectivity index is 1.91. The van der Waals surface area contributed by atoms with Crippen molar-refractivity contribution in [2.45, 2.75) is 32.2 Å². The van der Waals surface area contributed by atoms with Crippen LogP contribution >= 0.6 is 11.3 Å². The highest BCUT2D eigenvalue weighted by Gasteiger charge is 2.31. The molecule has 2 heterocycles. The van der Waals surface area contributed by atoms with Crippen LogP contribution in [0.2, 0.25) is 0 Å². The molecule has 2 rings (SSSR count). The molecule has 0 spiro atoms. The standard InChI is InChI=1S/C16H22N2O2S/c1-4-14(19)18-9-7-12(8-10-18)15(20)17-16(2,3)13-6-5-11-21-13/h4-6,11-12H,1,7-10H2,2-3H3,(H,17,20). The predicted octanol–water partition coefficient (Wildman–Crippen LogP) is 2.52. The third-order valence-electron chi connectivity index (χ3n) is 3.92. The second kappa shape index (κ2) is 6.43. The number of hydrogen-bond acceptors (Lipinski definition) is 3. The molecule has 2 amide bonds. The van der Waals surface area contributed by atoms with E-state index in [2.05, 4.69) is 11.9 Å². The zero-order chi connectivity index (χ0) is 15.5. The van der Waals surface area contributed by atoms with E-state index < -0.39 is 0 Å². The second-order valence-corrected chi connectivity index (χ2v) is 6.84. The van der Waals surface area contributed by atoms with E-state index >= 15 is 0 Å². The lowest BCUT2D eigenvalue weighted by molar-refractivity contribution is -0.133. The van der Waals surface area contributed by atoms with E-state index in [1.807, 2.05) is 31.4 Å². The molecule has 1 aliphatic rings. The Bertz CT molecular complexity index is 514. The van der Waals surface area contributed by atoms with Crippen LogP contribution < -0.4 is 5.32 Å². The number of thiophene rings is 1. The Kier molecular flexibility index (Phi) is 4.83. The maximum Gasteiger partial charge on any atom is 0.245 e. The average molecular weight is 306 g/mol. The molecule has 1 aromatic rings. The molecule has 1 fully saturated rings. The summed E-state index contributed by atoms with van der Waals surface area (Å²) in [4.78, 5) is 26.9. The van der Waals surface area contributed by atoms with Gasteiger partial charge >= 0.3 is 0 Å². The van der Waals surface area contributed by atoms with Crippen molar-refractivity contribution in [3.8, 4) is 0 Å². The molecule has 0 radical (unpaired) electrons. The van der Waals surface area contributed by atoms with Gasteiger partial charge in [0.15, 0.2) is 0 Å². The maximum atomic E-state index is 12.4. The van der Waals surface area contributed by atoms with Crippen LogP contribution in [0, 0.1) is 5.92 Å². The third-order valence-corrected chi connectivity index (χ3v) is 5.12. The minimum Gasteiger partial charge on any atom is -0.346 e. The number of piperidine rings is 1. The van der Waals surface area contributed by atoms with Crippen LogP contribution in [0.25, 0.3) is 0 Å². The van der Waals surface area contributed by atoms with Gasteiger partial charge in [-0.15, -0.1) is 11.3 Å². The Morgan fingerprint density at radius 3 is 2.62 bits per heavy atom. The second-order valence-electron chi connectivity index (χ2n) is 5.90. The van der Waals surface area contributed by atoms with E-state index in [1.54, 1.807) is 16.2 Å². The van der Waals surface area contributed by atoms with E-state index in [0.717, 1.165) is 4.88 Å². The summed E-state index contributed by atoms with van der Waals surface area (Å²) in [7, 11) is 0. The quantitative estimate of drug-likeness (QED) is 0.869. The van der Waals surface area contributed by atoms with Crippen LogP contribution in [-0.4, -0.2) is 29.8 Å². The SMILES string of the molecule is C=CC(=O)N1CCC(C(=O)NC(C)(C)c2cccs2)CC1. The predicted molar refractivity (Wildman–Crippen MR) is 85.0 cm³/mol. The first-order valence-electron chi connectivity index (χ1n) is 7.21. The van der Waals surface area contributed by atoms with Gasteiger partial charge in [0, 0.05) is 23.9 Å². The molecule has 0 saturated carbocycles. The van der Waals surface area contributed by atoms with Crippen molar-refractivity contribution >= 4 is 23.2 Å². The molecule has 1 aliphatic heterocycles. The summed E-state index contributed by atoms with van der Waals surface area (Å²) in [5, 5.41) is 5.15. The van der Waals surface area contributed by atoms with Crippen LogP contribution in [0.1, 0.15) is 31.6 Å². The van der Waals surface area contributed by atoms with Crippen molar-refractivity contribution in [3.63, 3.8) is 0 Å². The molecule has 1 N–H and O–H groups in total. The highest BCUT2D eigenvalue weighted by Crippen LogP contribution is 2.26. The summed E-state index contributed by atoms with van der Waals surface area (Å²) in [6.45, 7) is 8.79. The third kappa shape index (κ3) is 3.73. The minimum atomic E-state index is -0.348. The first-order valence-corrected chi connectivity index (χ1v) is 8.09. The number of nitrogens with one attached hydrogen (secondary N) is 1. The first-order chi connectivity index (χ1) is 9.94. The van der Waals surface area contributed by atoms with Gasteiger partial charge in [-0.3, -0.25) is 9.59 Å². The van der Waals surface area contributed by atoms with Gasteiger partial charge in [-0.25, -0.2) is 0 Å². The van der Waals surface area contributed by atoms with Crippen molar-refractivity contribution in [1.82, 2.24) is 10.2 Å². The molecule has 4 nitrogen and oxygen atoms in total. The molecule has 21 heavy (non-hydrogen) atoms. The number of amides is 2. The lowest BCUT2D eigenvalue weighted by Crippen LogP contribution is -2.47. The van der Waals surface area contributed by atoms with Crippen LogP contribution in [0.5, 0.6) is 0 Å². The molecule has 0 atom stereocenters. The highest BCUT2D eigenvalue weighted by atomic mass is 32.1. The fraction of sp³-hybridized carbons (Fsp3) is 0.500. The fourth-order valence-electron chi connectivity index (χ4n) is 2.60. The van der Waals surface area contributed by atoms with E-state index in [9.17, 15) is 9.59 Å². The molecule has 0 unspecified atom stereocenters. The number of carbonyl (C=O) groups is 2. The number of hydrogen-bond donors (Lipinski definition) is 1. The molecule has 1 aromatic heterocycles. The van der Waals surface area contributed by atoms with Gasteiger partial charge in [0.25, 0.3) is 0 Å². The molecule has 0 aliphatic carbocycles. The molecule has 5 heteroatoms. The van der Waals surface area contributed by atoms with Gasteiger partial charge in [-0.1, -0.05) is 12.6 Å². The first kappa shape index (κ1) is 15.8. The number of nitrogens with zero attached hydrogens (tertiary/aromatic N) is 1. The van der Waals surface area contributed by atoms with E-state index in [-0.39, 0.29) is 23.3 Å². The summed E-state index contributed by atoms with van der Waals surface area (Å²) in [5.74, 6) is 0.0185. The van der Waals surface area contributed by atoms with Gasteiger partial charge in [0.1, 0.15) is 0 Å². The van der Waals surface area contributed by atoms with E-state index in [4.69, 9.17) is 0 Å². The van der Waals surface area contributed by atoms with E-state index in [0.29, 0.717) is 25.9 Å². The van der Waals surface area contributed by atoms with Crippen molar-refractivity contribution in [2.24, 2.45) is 5.92 Å². The molecular formula is C16H22N2O2S. The number of likely N-dealkylation sites (tertiary alicyclic amines) is 1. The minimum absolute atomic E-state index is 0.0156. The van der Waals surface area contributed by atoms with Crippen LogP contribution in [-0.2, 0) is 15.1 Å². The maximum absolute atomic E-state index is 12.4. The summed E-state index contributed by atoms with van der Waals surface area (Å²) in [6.07, 6.45) is 2.76. The smallest absolute Gasteiger partial charge is 0.245 e. The topological polar surface area (TPSA) is 49.4 Å². The van der Waals surface area contributed by atoms with Gasteiger partial charge in [-0.2, -0.15) is 0 Å². The highest BCUT2D eigenvalue weighted by molar-refractivity contribution is 7.10. The fourth-order valence-corrected chi connectivity index (χ4v) is 3.40. The van der Waals surface area contributed by atoms with Crippen LogP contribution in [0.15, 0.2) is 30.2 Å². The Labute approximate surface area is 129 Å². The monoisotopic (exact) mass is 306 g/mol. The van der Waals surface area contributed by atoms with Crippen molar-refractivity contribution in [1.29, 1.82) is 0 Å². The van der Waals surface area contributed by atoms with Crippen LogP contribution in [0.4, 0.5) is 0 Å². The Morgan fingerprint density at radius 1 is 1.43 bits per heavy atom. The summed E-state index contributed by atoms with van der Waals surface area (Å²) >= 11 is 1.65. The van der Waals surface area contributed by atoms with Gasteiger partial charge in [0.05, 0.1) is 5.54 Å². The Morgan fingerprint density at radius 2 is 2.10 bits per heavy atom. The molecule has 0 aromatic carbocycles. The van der Waals surface area contributed by atoms with E-state index in [1.165, 1.54) is 6.08 Å². The van der Waals surface area contributed by atoms with Crippen molar-refractivity contribution in [3.05, 3.63) is 35.0 Å². The zero-order valence-electron chi connectivity index (χ0n) is 12.6. The molecular weight excluding hydrogens is 284 g/mol. The average Bonchev–Trinajstić information content (AvgIpc) is 3.01. The Hall–Kier alpha value is -1.62. The molecule has 0 bridgehead atoms. The van der Waals surface area contributed by atoms with Gasteiger partial charge in [-0.05, 0) is 44.2 Å². The number of carbonyl (C=O) groups excluding carboxylic acids is 2. The number of rotatable bonds is 4. The molecule has 1 saturated heterocycles. The lowest BCUT2D eigenvalue weighted by atomic mass is 9.93. The lowest BCUT2D eigenvalue weighted by Gasteiger charge is -2.33. The zero-order valence-corrected chi connectivity index (χ0v) is 13.4. The molecule has 114 valence electrons.